The minimum atomic E-state index is -0.717. The molecule has 5 nitrogen and oxygen atoms in total. The average molecular weight is 341 g/mol. The minimum Gasteiger partial charge on any atom is -0.489 e. The Morgan fingerprint density at radius 3 is 2.83 bits per heavy atom. The molecule has 134 valence electrons. The van der Waals surface area contributed by atoms with E-state index in [0.29, 0.717) is 25.6 Å². The van der Waals surface area contributed by atoms with Crippen molar-refractivity contribution in [2.45, 2.75) is 32.3 Å². The van der Waals surface area contributed by atoms with E-state index in [-0.39, 0.29) is 24.4 Å². The highest BCUT2D eigenvalue weighted by Gasteiger charge is 2.24. The second-order valence-electron chi connectivity index (χ2n) is 5.83. The van der Waals surface area contributed by atoms with Crippen LogP contribution in [0.25, 0.3) is 0 Å². The number of aliphatic hydroxyl groups is 1. The summed E-state index contributed by atoms with van der Waals surface area (Å²) in [6.45, 7) is 3.90. The van der Waals surface area contributed by atoms with Gasteiger partial charge >= 0.3 is 0 Å². The van der Waals surface area contributed by atoms with Gasteiger partial charge in [-0.2, -0.15) is 0 Å². The highest BCUT2D eigenvalue weighted by Crippen LogP contribution is 2.25. The molecular weight excluding hydrogens is 316 g/mol. The Morgan fingerprint density at radius 1 is 1.33 bits per heavy atom. The van der Waals surface area contributed by atoms with Gasteiger partial charge in [0, 0.05) is 25.1 Å². The van der Waals surface area contributed by atoms with Crippen LogP contribution in [0.4, 0.5) is 8.78 Å². The number of nitrogens with one attached hydrogen (secondary N) is 2. The third kappa shape index (κ3) is 5.63. The van der Waals surface area contributed by atoms with Gasteiger partial charge in [0.25, 0.3) is 0 Å². The van der Waals surface area contributed by atoms with Crippen LogP contribution in [0.3, 0.4) is 0 Å². The van der Waals surface area contributed by atoms with E-state index < -0.39 is 11.6 Å². The van der Waals surface area contributed by atoms with Crippen LogP contribution >= 0.6 is 0 Å². The molecule has 0 saturated heterocycles. The maximum Gasteiger partial charge on any atom is 0.191 e. The van der Waals surface area contributed by atoms with Crippen molar-refractivity contribution in [2.75, 3.05) is 26.2 Å². The molecule has 1 aliphatic rings. The monoisotopic (exact) mass is 341 g/mol. The summed E-state index contributed by atoms with van der Waals surface area (Å²) in [7, 11) is 0. The summed E-state index contributed by atoms with van der Waals surface area (Å²) in [5.41, 5.74) is 0. The van der Waals surface area contributed by atoms with Crippen molar-refractivity contribution in [1.29, 1.82) is 0 Å². The number of halogens is 2. The molecule has 1 saturated carbocycles. The molecule has 2 rings (SSSR count). The smallest absolute Gasteiger partial charge is 0.191 e. The first kappa shape index (κ1) is 18.4. The molecule has 0 heterocycles. The second kappa shape index (κ2) is 9.42. The molecule has 1 aromatic rings. The first-order chi connectivity index (χ1) is 11.6. The number of nitrogens with zero attached hydrogens (tertiary/aromatic N) is 1. The van der Waals surface area contributed by atoms with Gasteiger partial charge in [-0.05, 0) is 31.9 Å². The van der Waals surface area contributed by atoms with E-state index >= 15 is 0 Å². The minimum absolute atomic E-state index is 0.0224. The number of benzene rings is 1. The Hall–Kier alpha value is -1.89. The SMILES string of the molecule is CCNC(=NCC1CCCC1O)NCCOc1ccc(F)cc1F. The van der Waals surface area contributed by atoms with Crippen molar-refractivity contribution in [3.63, 3.8) is 0 Å². The molecular formula is C17H25F2N3O2. The van der Waals surface area contributed by atoms with Crippen LogP contribution in [0.15, 0.2) is 23.2 Å². The van der Waals surface area contributed by atoms with Gasteiger partial charge in [-0.1, -0.05) is 6.42 Å². The summed E-state index contributed by atoms with van der Waals surface area (Å²) in [4.78, 5) is 4.47. The zero-order valence-electron chi connectivity index (χ0n) is 13.9. The van der Waals surface area contributed by atoms with Crippen molar-refractivity contribution in [3.05, 3.63) is 29.8 Å². The van der Waals surface area contributed by atoms with Gasteiger partial charge in [0.2, 0.25) is 0 Å². The third-order valence-corrected chi connectivity index (χ3v) is 3.99. The standard InChI is InChI=1S/C17H25F2N3O2/c1-2-20-17(22-11-12-4-3-5-15(12)23)21-8-9-24-16-7-6-13(18)10-14(16)19/h6-7,10,12,15,23H,2-5,8-9,11H2,1H3,(H2,20,21,22). The Bertz CT molecular complexity index is 555. The Kier molecular flexibility index (Phi) is 7.24. The van der Waals surface area contributed by atoms with E-state index in [2.05, 4.69) is 15.6 Å². The molecule has 2 unspecified atom stereocenters. The average Bonchev–Trinajstić information content (AvgIpc) is 2.96. The van der Waals surface area contributed by atoms with Crippen molar-refractivity contribution in [3.8, 4) is 5.75 Å². The van der Waals surface area contributed by atoms with Crippen LogP contribution in [0, 0.1) is 17.6 Å². The number of aliphatic imine (C=N–C) groups is 1. The first-order valence-electron chi connectivity index (χ1n) is 8.38. The fourth-order valence-corrected chi connectivity index (χ4v) is 2.70. The van der Waals surface area contributed by atoms with Gasteiger partial charge in [-0.25, -0.2) is 8.78 Å². The van der Waals surface area contributed by atoms with Crippen LogP contribution in [0.5, 0.6) is 5.75 Å². The Morgan fingerprint density at radius 2 is 2.17 bits per heavy atom. The fraction of sp³-hybridized carbons (Fsp3) is 0.588. The number of hydrogen-bond donors (Lipinski definition) is 3. The summed E-state index contributed by atoms with van der Waals surface area (Å²) in [5, 5.41) is 16.0. The molecule has 1 fully saturated rings. The van der Waals surface area contributed by atoms with E-state index in [1.807, 2.05) is 6.92 Å². The summed E-state index contributed by atoms with van der Waals surface area (Å²) >= 11 is 0. The lowest BCUT2D eigenvalue weighted by Crippen LogP contribution is -2.39. The normalized spacial score (nSPS) is 20.9. The molecule has 2 atom stereocenters. The van der Waals surface area contributed by atoms with Crippen molar-refractivity contribution < 1.29 is 18.6 Å². The predicted octanol–water partition coefficient (Wildman–Crippen LogP) is 2.06. The molecule has 0 spiro atoms. The molecule has 1 aromatic carbocycles. The quantitative estimate of drug-likeness (QED) is 0.403. The van der Waals surface area contributed by atoms with Gasteiger partial charge in [0.15, 0.2) is 17.5 Å². The molecule has 0 amide bonds. The van der Waals surface area contributed by atoms with Gasteiger partial charge in [0.1, 0.15) is 12.4 Å². The highest BCUT2D eigenvalue weighted by molar-refractivity contribution is 5.79. The van der Waals surface area contributed by atoms with Crippen LogP contribution in [0.2, 0.25) is 0 Å². The van der Waals surface area contributed by atoms with Crippen LogP contribution in [-0.2, 0) is 0 Å². The van der Waals surface area contributed by atoms with Crippen molar-refractivity contribution in [2.24, 2.45) is 10.9 Å². The third-order valence-electron chi connectivity index (χ3n) is 3.99. The van der Waals surface area contributed by atoms with Crippen LogP contribution in [-0.4, -0.2) is 43.4 Å². The lowest BCUT2D eigenvalue weighted by Gasteiger charge is -2.15. The topological polar surface area (TPSA) is 65.9 Å². The molecule has 24 heavy (non-hydrogen) atoms. The first-order valence-corrected chi connectivity index (χ1v) is 8.38. The van der Waals surface area contributed by atoms with E-state index in [9.17, 15) is 13.9 Å². The lowest BCUT2D eigenvalue weighted by molar-refractivity contribution is 0.136. The number of rotatable bonds is 7. The molecule has 0 aromatic heterocycles. The maximum absolute atomic E-state index is 13.4. The van der Waals surface area contributed by atoms with Crippen molar-refractivity contribution >= 4 is 5.96 Å². The Labute approximate surface area is 141 Å². The molecule has 3 N–H and O–H groups in total. The summed E-state index contributed by atoms with van der Waals surface area (Å²) in [6.07, 6.45) is 2.63. The van der Waals surface area contributed by atoms with Gasteiger partial charge in [-0.3, -0.25) is 4.99 Å². The summed E-state index contributed by atoms with van der Waals surface area (Å²) in [6, 6.07) is 3.22. The van der Waals surface area contributed by atoms with Gasteiger partial charge < -0.3 is 20.5 Å². The van der Waals surface area contributed by atoms with Crippen molar-refractivity contribution in [1.82, 2.24) is 10.6 Å². The number of aliphatic hydroxyl groups excluding tert-OH is 1. The predicted molar refractivity (Wildman–Crippen MR) is 89.2 cm³/mol. The molecule has 0 aliphatic heterocycles. The summed E-state index contributed by atoms with van der Waals surface area (Å²) in [5.74, 6) is -0.474. The number of ether oxygens (including phenoxy) is 1. The molecule has 0 bridgehead atoms. The van der Waals surface area contributed by atoms with E-state index in [1.54, 1.807) is 0 Å². The van der Waals surface area contributed by atoms with Gasteiger partial charge in [0.05, 0.1) is 12.6 Å². The zero-order valence-corrected chi connectivity index (χ0v) is 13.9. The van der Waals surface area contributed by atoms with Crippen LogP contribution in [0.1, 0.15) is 26.2 Å². The Balaban J connectivity index is 1.76. The zero-order chi connectivity index (χ0) is 17.4. The lowest BCUT2D eigenvalue weighted by atomic mass is 10.1. The highest BCUT2D eigenvalue weighted by atomic mass is 19.1. The largest absolute Gasteiger partial charge is 0.489 e. The van der Waals surface area contributed by atoms with E-state index in [0.717, 1.165) is 31.4 Å². The molecule has 1 aliphatic carbocycles. The van der Waals surface area contributed by atoms with E-state index in [1.165, 1.54) is 6.07 Å². The summed E-state index contributed by atoms with van der Waals surface area (Å²) < 4.78 is 31.5. The number of hydrogen-bond acceptors (Lipinski definition) is 3. The second-order valence-corrected chi connectivity index (χ2v) is 5.83. The fourth-order valence-electron chi connectivity index (χ4n) is 2.70. The molecule has 0 radical (unpaired) electrons. The number of guanidine groups is 1. The molecule has 7 heteroatoms. The van der Waals surface area contributed by atoms with Crippen LogP contribution < -0.4 is 15.4 Å². The maximum atomic E-state index is 13.4. The van der Waals surface area contributed by atoms with Gasteiger partial charge in [-0.15, -0.1) is 0 Å². The van der Waals surface area contributed by atoms with E-state index in [4.69, 9.17) is 4.74 Å².